The molecule has 0 fully saturated rings. The molecule has 0 aliphatic carbocycles. The Morgan fingerprint density at radius 2 is 1.55 bits per heavy atom. The Kier molecular flexibility index (Phi) is 4.11. The van der Waals surface area contributed by atoms with Gasteiger partial charge in [0, 0.05) is 4.75 Å². The molecule has 0 N–H and O–H groups in total. The summed E-state index contributed by atoms with van der Waals surface area (Å²) in [5.41, 5.74) is 0. The first-order chi connectivity index (χ1) is 4.71. The van der Waals surface area contributed by atoms with E-state index in [-0.39, 0.29) is 4.75 Å². The fourth-order valence-corrected chi connectivity index (χ4v) is 2.46. The minimum absolute atomic E-state index is 0.101. The fourth-order valence-electron chi connectivity index (χ4n) is 0.273. The van der Waals surface area contributed by atoms with Crippen molar-refractivity contribution in [2.24, 2.45) is 0 Å². The van der Waals surface area contributed by atoms with Crippen molar-refractivity contribution in [3.8, 4) is 0 Å². The predicted molar refractivity (Wildman–Crippen MR) is 45.9 cm³/mol. The van der Waals surface area contributed by atoms with E-state index in [4.69, 9.17) is 0 Å². The van der Waals surface area contributed by atoms with Crippen LogP contribution in [-0.4, -0.2) is 16.7 Å². The zero-order chi connectivity index (χ0) is 9.12. The average molecular weight is 204 g/mol. The maximum atomic E-state index is 11.6. The highest BCUT2D eigenvalue weighted by molar-refractivity contribution is 8.77. The lowest BCUT2D eigenvalue weighted by molar-refractivity contribution is -0.104. The Bertz CT molecular complexity index is 100.0. The highest BCUT2D eigenvalue weighted by Crippen LogP contribution is 2.38. The molecule has 0 atom stereocenters. The lowest BCUT2D eigenvalue weighted by Gasteiger charge is -2.16. The Labute approximate surface area is 72.7 Å². The van der Waals surface area contributed by atoms with Crippen molar-refractivity contribution in [3.05, 3.63) is 0 Å². The topological polar surface area (TPSA) is 0 Å². The third-order valence-corrected chi connectivity index (χ3v) is 3.80. The van der Waals surface area contributed by atoms with Crippen LogP contribution in [0.5, 0.6) is 0 Å². The predicted octanol–water partition coefficient (Wildman–Crippen LogP) is 3.73. The van der Waals surface area contributed by atoms with Gasteiger partial charge in [0.15, 0.2) is 0 Å². The molecule has 0 amide bonds. The third kappa shape index (κ3) is 10.5. The summed E-state index contributed by atoms with van der Waals surface area (Å²) in [4.78, 5) is 0. The summed E-state index contributed by atoms with van der Waals surface area (Å²) >= 11 is 0. The van der Waals surface area contributed by atoms with Gasteiger partial charge in [-0.2, -0.15) is 13.2 Å². The molecule has 0 saturated heterocycles. The first kappa shape index (κ1) is 11.5. The Hall–Kier alpha value is 0.490. The van der Waals surface area contributed by atoms with E-state index < -0.39 is 11.9 Å². The van der Waals surface area contributed by atoms with E-state index in [9.17, 15) is 13.2 Å². The molecule has 0 unspecified atom stereocenters. The summed E-state index contributed by atoms with van der Waals surface area (Å²) in [6, 6.07) is 0. The van der Waals surface area contributed by atoms with Crippen LogP contribution in [0.25, 0.3) is 0 Å². The van der Waals surface area contributed by atoms with Crippen LogP contribution in [0.15, 0.2) is 0 Å². The summed E-state index contributed by atoms with van der Waals surface area (Å²) in [6.07, 6.45) is -4.04. The van der Waals surface area contributed by atoms with Crippen molar-refractivity contribution in [1.29, 1.82) is 0 Å². The molecule has 5 heteroatoms. The van der Waals surface area contributed by atoms with Crippen LogP contribution in [0.2, 0.25) is 0 Å². The van der Waals surface area contributed by atoms with Gasteiger partial charge in [-0.3, -0.25) is 0 Å². The normalized spacial score (nSPS) is 13.6. The highest BCUT2D eigenvalue weighted by atomic mass is 33.1. The van der Waals surface area contributed by atoms with Gasteiger partial charge >= 0.3 is 6.18 Å². The molecule has 11 heavy (non-hydrogen) atoms. The number of hydrogen-bond acceptors (Lipinski definition) is 2. The summed E-state index contributed by atoms with van der Waals surface area (Å²) < 4.78 is 34.7. The second-order valence-corrected chi connectivity index (χ2v) is 6.20. The van der Waals surface area contributed by atoms with Crippen molar-refractivity contribution in [3.63, 3.8) is 0 Å². The van der Waals surface area contributed by atoms with Crippen molar-refractivity contribution in [1.82, 2.24) is 0 Å². The molecule has 0 radical (unpaired) electrons. The molecule has 0 aromatic rings. The molecule has 0 bridgehead atoms. The van der Waals surface area contributed by atoms with E-state index in [1.807, 2.05) is 20.8 Å². The molecule has 0 spiro atoms. The van der Waals surface area contributed by atoms with Gasteiger partial charge in [0.1, 0.15) is 0 Å². The van der Waals surface area contributed by atoms with E-state index in [2.05, 4.69) is 0 Å². The summed E-state index contributed by atoms with van der Waals surface area (Å²) in [6.45, 7) is 5.67. The molecule has 0 nitrogen and oxygen atoms in total. The second kappa shape index (κ2) is 3.94. The molecule has 0 rings (SSSR count). The van der Waals surface area contributed by atoms with Crippen molar-refractivity contribution in [2.45, 2.75) is 31.7 Å². The summed E-state index contributed by atoms with van der Waals surface area (Å²) in [5.74, 6) is -0.769. The average Bonchev–Trinajstić information content (AvgIpc) is 1.55. The van der Waals surface area contributed by atoms with E-state index in [1.54, 1.807) is 0 Å². The van der Waals surface area contributed by atoms with Crippen LogP contribution >= 0.6 is 21.6 Å². The van der Waals surface area contributed by atoms with Crippen LogP contribution in [0.4, 0.5) is 13.2 Å². The van der Waals surface area contributed by atoms with Crippen LogP contribution in [0, 0.1) is 0 Å². The van der Waals surface area contributed by atoms with E-state index in [0.717, 1.165) is 10.8 Å². The smallest absolute Gasteiger partial charge is 0.170 e. The molecular weight excluding hydrogens is 193 g/mol. The van der Waals surface area contributed by atoms with Gasteiger partial charge in [-0.15, -0.1) is 0 Å². The van der Waals surface area contributed by atoms with Gasteiger partial charge in [-0.1, -0.05) is 42.4 Å². The summed E-state index contributed by atoms with van der Waals surface area (Å²) in [5, 5.41) is 0. The molecular formula is C6H11F3S2. The fraction of sp³-hybridized carbons (Fsp3) is 1.00. The number of alkyl halides is 3. The molecule has 0 aliphatic heterocycles. The number of hydrogen-bond donors (Lipinski definition) is 0. The lowest BCUT2D eigenvalue weighted by Crippen LogP contribution is -2.12. The van der Waals surface area contributed by atoms with Crippen LogP contribution in [0.1, 0.15) is 20.8 Å². The maximum absolute atomic E-state index is 11.6. The zero-order valence-electron chi connectivity index (χ0n) is 6.66. The maximum Gasteiger partial charge on any atom is 0.398 e. The van der Waals surface area contributed by atoms with E-state index in [1.165, 1.54) is 10.8 Å². The SMILES string of the molecule is CC(C)(C)SSCC(F)(F)F. The Morgan fingerprint density at radius 1 is 1.09 bits per heavy atom. The van der Waals surface area contributed by atoms with Crippen LogP contribution < -0.4 is 0 Å². The quantitative estimate of drug-likeness (QED) is 0.629. The number of rotatable bonds is 2. The Balaban J connectivity index is 3.44. The van der Waals surface area contributed by atoms with Gasteiger partial charge in [-0.05, 0) is 0 Å². The Morgan fingerprint density at radius 3 is 1.82 bits per heavy atom. The van der Waals surface area contributed by atoms with Gasteiger partial charge in [-0.25, -0.2) is 0 Å². The molecule has 0 heterocycles. The molecule has 0 aromatic heterocycles. The van der Waals surface area contributed by atoms with Crippen molar-refractivity contribution >= 4 is 21.6 Å². The van der Waals surface area contributed by atoms with Crippen molar-refractivity contribution in [2.75, 3.05) is 5.75 Å². The molecule has 0 aromatic carbocycles. The number of halogens is 3. The third-order valence-electron chi connectivity index (χ3n) is 0.532. The largest absolute Gasteiger partial charge is 0.398 e. The molecule has 68 valence electrons. The second-order valence-electron chi connectivity index (χ2n) is 3.07. The monoisotopic (exact) mass is 204 g/mol. The minimum Gasteiger partial charge on any atom is -0.170 e. The van der Waals surface area contributed by atoms with E-state index >= 15 is 0 Å². The highest BCUT2D eigenvalue weighted by Gasteiger charge is 2.28. The lowest BCUT2D eigenvalue weighted by atomic mass is 10.3. The van der Waals surface area contributed by atoms with Crippen molar-refractivity contribution < 1.29 is 13.2 Å². The van der Waals surface area contributed by atoms with Crippen LogP contribution in [0.3, 0.4) is 0 Å². The first-order valence-corrected chi connectivity index (χ1v) is 5.40. The van der Waals surface area contributed by atoms with Gasteiger partial charge in [0.2, 0.25) is 0 Å². The first-order valence-electron chi connectivity index (χ1n) is 3.08. The van der Waals surface area contributed by atoms with Gasteiger partial charge in [0.25, 0.3) is 0 Å². The molecule has 0 saturated carbocycles. The zero-order valence-corrected chi connectivity index (χ0v) is 8.29. The molecule has 0 aliphatic rings. The van der Waals surface area contributed by atoms with Crippen LogP contribution in [-0.2, 0) is 0 Å². The standard InChI is InChI=1S/C6H11F3S2/c1-5(2,3)11-10-4-6(7,8)9/h4H2,1-3H3. The minimum atomic E-state index is -4.04. The van der Waals surface area contributed by atoms with Gasteiger partial charge < -0.3 is 0 Å². The summed E-state index contributed by atoms with van der Waals surface area (Å²) in [7, 11) is 2.12. The van der Waals surface area contributed by atoms with E-state index in [0.29, 0.717) is 0 Å². The van der Waals surface area contributed by atoms with Gasteiger partial charge in [0.05, 0.1) is 5.75 Å².